The van der Waals surface area contributed by atoms with Gasteiger partial charge < -0.3 is 0 Å². The van der Waals surface area contributed by atoms with Crippen molar-refractivity contribution >= 4 is 11.8 Å². The van der Waals surface area contributed by atoms with Crippen molar-refractivity contribution < 1.29 is 14.0 Å². The van der Waals surface area contributed by atoms with Gasteiger partial charge >= 0.3 is 0 Å². The summed E-state index contributed by atoms with van der Waals surface area (Å²) in [5.74, 6) is -1.17. The number of likely N-dealkylation sites (tertiary alicyclic amines) is 1. The zero-order valence-electron chi connectivity index (χ0n) is 9.87. The standard InChI is InChI=1S/C13H14FNO2/c1-8-3-4-10(11(14)5-8)13(17)15-7-9(2)6-12(15)16/h3-5,9H,6-7H2,1-2H3. The summed E-state index contributed by atoms with van der Waals surface area (Å²) in [4.78, 5) is 24.7. The van der Waals surface area contributed by atoms with Gasteiger partial charge in [0.25, 0.3) is 5.91 Å². The molecule has 4 heteroatoms. The molecule has 1 unspecified atom stereocenters. The van der Waals surface area contributed by atoms with E-state index in [9.17, 15) is 14.0 Å². The van der Waals surface area contributed by atoms with E-state index in [2.05, 4.69) is 0 Å². The topological polar surface area (TPSA) is 37.4 Å². The number of halogens is 1. The van der Waals surface area contributed by atoms with Crippen LogP contribution in [0.4, 0.5) is 4.39 Å². The molecular weight excluding hydrogens is 221 g/mol. The highest BCUT2D eigenvalue weighted by Crippen LogP contribution is 2.21. The second kappa shape index (κ2) is 4.28. The van der Waals surface area contributed by atoms with E-state index in [0.29, 0.717) is 13.0 Å². The number of hydrogen-bond donors (Lipinski definition) is 0. The summed E-state index contributed by atoms with van der Waals surface area (Å²) >= 11 is 0. The third-order valence-electron chi connectivity index (χ3n) is 2.92. The predicted molar refractivity (Wildman–Crippen MR) is 61.0 cm³/mol. The highest BCUT2D eigenvalue weighted by molar-refractivity contribution is 6.05. The molecule has 1 heterocycles. The molecule has 0 bridgehead atoms. The van der Waals surface area contributed by atoms with Crippen molar-refractivity contribution in [1.29, 1.82) is 0 Å². The number of imide groups is 1. The summed E-state index contributed by atoms with van der Waals surface area (Å²) in [5, 5.41) is 0. The van der Waals surface area contributed by atoms with Gasteiger partial charge in [0.05, 0.1) is 5.56 Å². The summed E-state index contributed by atoms with van der Waals surface area (Å²) in [6.07, 6.45) is 0.360. The molecule has 2 rings (SSSR count). The van der Waals surface area contributed by atoms with E-state index < -0.39 is 11.7 Å². The lowest BCUT2D eigenvalue weighted by Crippen LogP contribution is -2.32. The van der Waals surface area contributed by atoms with Gasteiger partial charge in [0.1, 0.15) is 5.82 Å². The molecular formula is C13H14FNO2. The number of amides is 2. The minimum Gasteiger partial charge on any atom is -0.278 e. The Morgan fingerprint density at radius 2 is 2.18 bits per heavy atom. The lowest BCUT2D eigenvalue weighted by Gasteiger charge is -2.14. The number of aryl methyl sites for hydroxylation is 1. The van der Waals surface area contributed by atoms with Crippen LogP contribution in [-0.2, 0) is 4.79 Å². The Balaban J connectivity index is 2.28. The number of nitrogens with zero attached hydrogens (tertiary/aromatic N) is 1. The van der Waals surface area contributed by atoms with Crippen molar-refractivity contribution in [3.63, 3.8) is 0 Å². The van der Waals surface area contributed by atoms with Gasteiger partial charge in [0, 0.05) is 13.0 Å². The first kappa shape index (κ1) is 11.8. The van der Waals surface area contributed by atoms with Crippen LogP contribution in [0.15, 0.2) is 18.2 Å². The summed E-state index contributed by atoms with van der Waals surface area (Å²) in [6.45, 7) is 4.03. The van der Waals surface area contributed by atoms with E-state index in [1.54, 1.807) is 13.0 Å². The Morgan fingerprint density at radius 3 is 2.71 bits per heavy atom. The number of carbonyl (C=O) groups is 2. The van der Waals surface area contributed by atoms with Crippen molar-refractivity contribution in [1.82, 2.24) is 4.90 Å². The minimum absolute atomic E-state index is 0.0296. The van der Waals surface area contributed by atoms with E-state index in [1.165, 1.54) is 12.1 Å². The van der Waals surface area contributed by atoms with Crippen molar-refractivity contribution in [3.05, 3.63) is 35.1 Å². The van der Waals surface area contributed by atoms with Crippen LogP contribution in [0.1, 0.15) is 29.3 Å². The average molecular weight is 235 g/mol. The van der Waals surface area contributed by atoms with Gasteiger partial charge in [-0.25, -0.2) is 4.39 Å². The number of benzene rings is 1. The number of rotatable bonds is 1. The van der Waals surface area contributed by atoms with Crippen LogP contribution in [0.2, 0.25) is 0 Å². The summed E-state index contributed by atoms with van der Waals surface area (Å²) in [5.41, 5.74) is 0.721. The maximum Gasteiger partial charge on any atom is 0.263 e. The molecule has 1 fully saturated rings. The Hall–Kier alpha value is -1.71. The molecule has 17 heavy (non-hydrogen) atoms. The van der Waals surface area contributed by atoms with Gasteiger partial charge in [-0.05, 0) is 30.5 Å². The fraction of sp³-hybridized carbons (Fsp3) is 0.385. The molecule has 1 aromatic carbocycles. The summed E-state index contributed by atoms with van der Waals surface area (Å²) < 4.78 is 13.6. The first-order chi connectivity index (χ1) is 7.99. The van der Waals surface area contributed by atoms with Crippen molar-refractivity contribution in [2.24, 2.45) is 5.92 Å². The Bertz CT molecular complexity index is 484. The van der Waals surface area contributed by atoms with Crippen molar-refractivity contribution in [3.8, 4) is 0 Å². The maximum atomic E-state index is 13.6. The van der Waals surface area contributed by atoms with Crippen molar-refractivity contribution in [2.75, 3.05) is 6.54 Å². The SMILES string of the molecule is Cc1ccc(C(=O)N2CC(C)CC2=O)c(F)c1. The third kappa shape index (κ3) is 2.20. The summed E-state index contributed by atoms with van der Waals surface area (Å²) in [7, 11) is 0. The van der Waals surface area contributed by atoms with Crippen molar-refractivity contribution in [2.45, 2.75) is 20.3 Å². The van der Waals surface area contributed by atoms with Crippen LogP contribution in [0.25, 0.3) is 0 Å². The second-order valence-corrected chi connectivity index (χ2v) is 4.60. The smallest absolute Gasteiger partial charge is 0.263 e. The molecule has 90 valence electrons. The monoisotopic (exact) mass is 235 g/mol. The van der Waals surface area contributed by atoms with E-state index in [1.807, 2.05) is 6.92 Å². The normalized spacial score (nSPS) is 19.8. The first-order valence-electron chi connectivity index (χ1n) is 5.60. The highest BCUT2D eigenvalue weighted by atomic mass is 19.1. The third-order valence-corrected chi connectivity index (χ3v) is 2.92. The molecule has 2 amide bonds. The number of carbonyl (C=O) groups excluding carboxylic acids is 2. The molecule has 0 saturated carbocycles. The fourth-order valence-corrected chi connectivity index (χ4v) is 2.02. The zero-order chi connectivity index (χ0) is 12.6. The Kier molecular flexibility index (Phi) is 2.96. The lowest BCUT2D eigenvalue weighted by molar-refractivity contribution is -0.125. The summed E-state index contributed by atoms with van der Waals surface area (Å²) in [6, 6.07) is 4.40. The van der Waals surface area contributed by atoms with Crippen LogP contribution in [-0.4, -0.2) is 23.3 Å². The molecule has 3 nitrogen and oxygen atoms in total. The van der Waals surface area contributed by atoms with E-state index in [-0.39, 0.29) is 17.4 Å². The van der Waals surface area contributed by atoms with E-state index >= 15 is 0 Å². The first-order valence-corrected chi connectivity index (χ1v) is 5.60. The molecule has 1 aromatic rings. The van der Waals surface area contributed by atoms with Gasteiger partial charge in [-0.3, -0.25) is 14.5 Å². The van der Waals surface area contributed by atoms with Gasteiger partial charge in [0.2, 0.25) is 5.91 Å². The van der Waals surface area contributed by atoms with Crippen LogP contribution in [0.5, 0.6) is 0 Å². The minimum atomic E-state index is -0.567. The van der Waals surface area contributed by atoms with Crippen LogP contribution >= 0.6 is 0 Å². The van der Waals surface area contributed by atoms with Crippen LogP contribution in [0.3, 0.4) is 0 Å². The quantitative estimate of drug-likeness (QED) is 0.699. The molecule has 0 aliphatic carbocycles. The van der Waals surface area contributed by atoms with Crippen LogP contribution < -0.4 is 0 Å². The fourth-order valence-electron chi connectivity index (χ4n) is 2.02. The predicted octanol–water partition coefficient (Wildman–Crippen LogP) is 2.14. The molecule has 1 aliphatic rings. The molecule has 1 saturated heterocycles. The number of hydrogen-bond acceptors (Lipinski definition) is 2. The second-order valence-electron chi connectivity index (χ2n) is 4.60. The van der Waals surface area contributed by atoms with Gasteiger partial charge in [-0.2, -0.15) is 0 Å². The van der Waals surface area contributed by atoms with Gasteiger partial charge in [-0.1, -0.05) is 13.0 Å². The zero-order valence-corrected chi connectivity index (χ0v) is 9.87. The van der Waals surface area contributed by atoms with Gasteiger partial charge in [-0.15, -0.1) is 0 Å². The Morgan fingerprint density at radius 1 is 1.47 bits per heavy atom. The van der Waals surface area contributed by atoms with E-state index in [4.69, 9.17) is 0 Å². The maximum absolute atomic E-state index is 13.6. The molecule has 0 radical (unpaired) electrons. The molecule has 0 spiro atoms. The average Bonchev–Trinajstić information content (AvgIpc) is 2.57. The largest absolute Gasteiger partial charge is 0.278 e. The van der Waals surface area contributed by atoms with Crippen LogP contribution in [0, 0.1) is 18.7 Å². The molecule has 1 atom stereocenters. The lowest BCUT2D eigenvalue weighted by atomic mass is 10.1. The molecule has 1 aliphatic heterocycles. The molecule has 0 aromatic heterocycles. The Labute approximate surface area is 99.2 Å². The highest BCUT2D eigenvalue weighted by Gasteiger charge is 2.32. The molecule has 0 N–H and O–H groups in total. The van der Waals surface area contributed by atoms with Gasteiger partial charge in [0.15, 0.2) is 0 Å². The van der Waals surface area contributed by atoms with E-state index in [0.717, 1.165) is 10.5 Å².